The van der Waals surface area contributed by atoms with Gasteiger partial charge in [-0.2, -0.15) is 0 Å². The number of benzene rings is 1. The molecule has 3 amide bonds. The molecule has 0 spiro atoms. The normalized spacial score (nSPS) is 14.0. The van der Waals surface area contributed by atoms with Gasteiger partial charge in [-0.05, 0) is 37.5 Å². The Morgan fingerprint density at radius 1 is 1.20 bits per heavy atom. The van der Waals surface area contributed by atoms with Gasteiger partial charge in [-0.15, -0.1) is 0 Å². The molecule has 0 unspecified atom stereocenters. The number of carbonyl (C=O) groups is 3. The summed E-state index contributed by atoms with van der Waals surface area (Å²) in [6.45, 7) is 0.926. The van der Waals surface area contributed by atoms with Crippen LogP contribution < -0.4 is 15.4 Å². The maximum atomic E-state index is 11.6. The molecular formula is C17H21ClN2O5. The second-order valence-corrected chi connectivity index (χ2v) is 6.29. The molecule has 1 aromatic carbocycles. The van der Waals surface area contributed by atoms with Crippen molar-refractivity contribution >= 4 is 29.5 Å². The molecule has 25 heavy (non-hydrogen) atoms. The van der Waals surface area contributed by atoms with E-state index in [2.05, 4.69) is 10.6 Å². The van der Waals surface area contributed by atoms with E-state index in [9.17, 15) is 14.4 Å². The highest BCUT2D eigenvalue weighted by atomic mass is 35.5. The SMILES string of the molecule is Cc1ccc(Cl)c(OCC(=O)OCC(=O)NC(=O)NC2CCCC2)c1. The van der Waals surface area contributed by atoms with Gasteiger partial charge >= 0.3 is 12.0 Å². The molecule has 0 atom stereocenters. The topological polar surface area (TPSA) is 93.7 Å². The smallest absolute Gasteiger partial charge is 0.344 e. The molecule has 1 aliphatic rings. The van der Waals surface area contributed by atoms with E-state index < -0.39 is 24.5 Å². The Kier molecular flexibility index (Phi) is 7.06. The van der Waals surface area contributed by atoms with Crippen LogP contribution >= 0.6 is 11.6 Å². The third kappa shape index (κ3) is 6.62. The lowest BCUT2D eigenvalue weighted by atomic mass is 10.2. The quantitative estimate of drug-likeness (QED) is 0.752. The van der Waals surface area contributed by atoms with Crippen LogP contribution in [0.2, 0.25) is 5.02 Å². The van der Waals surface area contributed by atoms with Crippen LogP contribution in [0.25, 0.3) is 0 Å². The van der Waals surface area contributed by atoms with Crippen molar-refractivity contribution in [1.29, 1.82) is 0 Å². The Labute approximate surface area is 151 Å². The van der Waals surface area contributed by atoms with Gasteiger partial charge in [0, 0.05) is 6.04 Å². The zero-order valence-corrected chi connectivity index (χ0v) is 14.7. The standard InChI is InChI=1S/C17H21ClN2O5/c1-11-6-7-13(18)14(8-11)24-10-16(22)25-9-15(21)20-17(23)19-12-4-2-3-5-12/h6-8,12H,2-5,9-10H2,1H3,(H2,19,20,21,23). The second-order valence-electron chi connectivity index (χ2n) is 5.89. The summed E-state index contributed by atoms with van der Waals surface area (Å²) in [6.07, 6.45) is 3.97. The molecule has 0 saturated heterocycles. The number of hydrogen-bond acceptors (Lipinski definition) is 5. The Hall–Kier alpha value is -2.28. The van der Waals surface area contributed by atoms with Crippen molar-refractivity contribution < 1.29 is 23.9 Å². The van der Waals surface area contributed by atoms with Crippen molar-refractivity contribution in [2.45, 2.75) is 38.6 Å². The largest absolute Gasteiger partial charge is 0.480 e. The summed E-state index contributed by atoms with van der Waals surface area (Å²) in [4.78, 5) is 34.8. The summed E-state index contributed by atoms with van der Waals surface area (Å²) in [5.74, 6) is -1.07. The van der Waals surface area contributed by atoms with E-state index in [0.29, 0.717) is 10.8 Å². The molecule has 7 nitrogen and oxygen atoms in total. The fourth-order valence-electron chi connectivity index (χ4n) is 2.50. The van der Waals surface area contributed by atoms with Gasteiger partial charge in [0.15, 0.2) is 13.2 Å². The predicted molar refractivity (Wildman–Crippen MR) is 91.6 cm³/mol. The van der Waals surface area contributed by atoms with E-state index in [0.717, 1.165) is 31.2 Å². The van der Waals surface area contributed by atoms with E-state index in [1.807, 2.05) is 13.0 Å². The number of aryl methyl sites for hydroxylation is 1. The number of nitrogens with one attached hydrogen (secondary N) is 2. The molecular weight excluding hydrogens is 348 g/mol. The minimum Gasteiger partial charge on any atom is -0.480 e. The highest BCUT2D eigenvalue weighted by Crippen LogP contribution is 2.25. The third-order valence-corrected chi connectivity index (χ3v) is 4.05. The number of urea groups is 1. The minimum absolute atomic E-state index is 0.0998. The molecule has 0 heterocycles. The Bertz CT molecular complexity index is 644. The molecule has 1 fully saturated rings. The number of ether oxygens (including phenoxy) is 2. The zero-order chi connectivity index (χ0) is 18.2. The molecule has 2 rings (SSSR count). The van der Waals surface area contributed by atoms with Gasteiger partial charge in [0.1, 0.15) is 5.75 Å². The Balaban J connectivity index is 1.65. The number of halogens is 1. The van der Waals surface area contributed by atoms with Gasteiger partial charge in [0.25, 0.3) is 5.91 Å². The summed E-state index contributed by atoms with van der Waals surface area (Å²) in [5, 5.41) is 5.20. The highest BCUT2D eigenvalue weighted by molar-refractivity contribution is 6.32. The summed E-state index contributed by atoms with van der Waals surface area (Å²) < 4.78 is 10.0. The molecule has 136 valence electrons. The molecule has 0 aliphatic heterocycles. The first kappa shape index (κ1) is 19.1. The number of amides is 3. The first-order valence-electron chi connectivity index (χ1n) is 8.09. The maximum absolute atomic E-state index is 11.6. The monoisotopic (exact) mass is 368 g/mol. The van der Waals surface area contributed by atoms with E-state index in [1.165, 1.54) is 0 Å². The van der Waals surface area contributed by atoms with Crippen molar-refractivity contribution in [3.8, 4) is 5.75 Å². The molecule has 1 saturated carbocycles. The first-order valence-corrected chi connectivity index (χ1v) is 8.47. The van der Waals surface area contributed by atoms with E-state index in [4.69, 9.17) is 21.1 Å². The van der Waals surface area contributed by atoms with E-state index in [-0.39, 0.29) is 12.6 Å². The van der Waals surface area contributed by atoms with Crippen LogP contribution in [0.4, 0.5) is 4.79 Å². The number of imide groups is 1. The van der Waals surface area contributed by atoms with Crippen LogP contribution in [0.5, 0.6) is 5.75 Å². The predicted octanol–water partition coefficient (Wildman–Crippen LogP) is 2.34. The zero-order valence-electron chi connectivity index (χ0n) is 14.0. The summed E-state index contributed by atoms with van der Waals surface area (Å²) >= 11 is 5.95. The van der Waals surface area contributed by atoms with Gasteiger partial charge in [-0.25, -0.2) is 9.59 Å². The lowest BCUT2D eigenvalue weighted by molar-refractivity contribution is -0.150. The average Bonchev–Trinajstić information content (AvgIpc) is 3.06. The van der Waals surface area contributed by atoms with Gasteiger partial charge < -0.3 is 14.8 Å². The van der Waals surface area contributed by atoms with Crippen molar-refractivity contribution in [1.82, 2.24) is 10.6 Å². The molecule has 0 aromatic heterocycles. The van der Waals surface area contributed by atoms with Crippen molar-refractivity contribution in [2.24, 2.45) is 0 Å². The van der Waals surface area contributed by atoms with E-state index >= 15 is 0 Å². The lowest BCUT2D eigenvalue weighted by Gasteiger charge is -2.12. The van der Waals surface area contributed by atoms with Crippen LogP contribution in [0.1, 0.15) is 31.2 Å². The molecule has 1 aromatic rings. The van der Waals surface area contributed by atoms with Crippen LogP contribution in [0.3, 0.4) is 0 Å². The van der Waals surface area contributed by atoms with Crippen LogP contribution in [-0.2, 0) is 14.3 Å². The summed E-state index contributed by atoms with van der Waals surface area (Å²) in [7, 11) is 0. The Morgan fingerprint density at radius 2 is 1.92 bits per heavy atom. The average molecular weight is 369 g/mol. The summed E-state index contributed by atoms with van der Waals surface area (Å²) in [5.41, 5.74) is 0.931. The maximum Gasteiger partial charge on any atom is 0.344 e. The van der Waals surface area contributed by atoms with Crippen molar-refractivity contribution in [2.75, 3.05) is 13.2 Å². The van der Waals surface area contributed by atoms with Crippen molar-refractivity contribution in [3.63, 3.8) is 0 Å². The fraction of sp³-hybridized carbons (Fsp3) is 0.471. The molecule has 2 N–H and O–H groups in total. The number of carbonyl (C=O) groups excluding carboxylic acids is 3. The highest BCUT2D eigenvalue weighted by Gasteiger charge is 2.18. The number of esters is 1. The molecule has 0 radical (unpaired) electrons. The van der Waals surface area contributed by atoms with E-state index in [1.54, 1.807) is 12.1 Å². The second kappa shape index (κ2) is 9.27. The Morgan fingerprint density at radius 3 is 2.64 bits per heavy atom. The summed E-state index contributed by atoms with van der Waals surface area (Å²) in [6, 6.07) is 4.69. The number of hydrogen-bond donors (Lipinski definition) is 2. The van der Waals surface area contributed by atoms with Crippen LogP contribution in [-0.4, -0.2) is 37.2 Å². The minimum atomic E-state index is -0.732. The fourth-order valence-corrected chi connectivity index (χ4v) is 2.67. The molecule has 8 heteroatoms. The van der Waals surface area contributed by atoms with Gasteiger partial charge in [-0.3, -0.25) is 10.1 Å². The third-order valence-electron chi connectivity index (χ3n) is 3.74. The van der Waals surface area contributed by atoms with Crippen LogP contribution in [0.15, 0.2) is 18.2 Å². The van der Waals surface area contributed by atoms with Gasteiger partial charge in [0.05, 0.1) is 5.02 Å². The van der Waals surface area contributed by atoms with Crippen molar-refractivity contribution in [3.05, 3.63) is 28.8 Å². The molecule has 1 aliphatic carbocycles. The van der Waals surface area contributed by atoms with Gasteiger partial charge in [-0.1, -0.05) is 30.5 Å². The number of rotatable bonds is 6. The van der Waals surface area contributed by atoms with Crippen LogP contribution in [0, 0.1) is 6.92 Å². The first-order chi connectivity index (χ1) is 11.9. The van der Waals surface area contributed by atoms with Gasteiger partial charge in [0.2, 0.25) is 0 Å². The molecule has 0 bridgehead atoms. The lowest BCUT2D eigenvalue weighted by Crippen LogP contribution is -2.45.